The summed E-state index contributed by atoms with van der Waals surface area (Å²) in [7, 11) is 1.63. The summed E-state index contributed by atoms with van der Waals surface area (Å²) in [5.41, 5.74) is 6.91. The quantitative estimate of drug-likeness (QED) is 0.863. The highest BCUT2D eigenvalue weighted by Gasteiger charge is 2.09. The number of methoxy groups -OCH3 is 1. The molecule has 1 atom stereocenters. The monoisotopic (exact) mass is 261 g/mol. The van der Waals surface area contributed by atoms with Gasteiger partial charge in [-0.2, -0.15) is 5.10 Å². The molecule has 5 nitrogen and oxygen atoms in total. The van der Waals surface area contributed by atoms with E-state index in [1.165, 1.54) is 0 Å². The number of hydrogen-bond donors (Lipinski definition) is 1. The lowest BCUT2D eigenvalue weighted by atomic mass is 10.1. The standard InChI is InChI=1S/C14H19N3O2/c1-11(15)13-5-4-12(18-2)10-14(13)19-9-8-17-7-3-6-16-17/h3-7,10-11H,8-9,15H2,1-2H3/t11-/m0/s1. The summed E-state index contributed by atoms with van der Waals surface area (Å²) in [5.74, 6) is 1.53. The molecule has 2 rings (SSSR count). The van der Waals surface area contributed by atoms with E-state index in [1.807, 2.05) is 42.1 Å². The van der Waals surface area contributed by atoms with Gasteiger partial charge in [-0.05, 0) is 19.1 Å². The van der Waals surface area contributed by atoms with Crippen LogP contribution in [0.15, 0.2) is 36.7 Å². The van der Waals surface area contributed by atoms with E-state index in [1.54, 1.807) is 13.3 Å². The molecule has 0 unspecified atom stereocenters. The van der Waals surface area contributed by atoms with Crippen molar-refractivity contribution in [3.63, 3.8) is 0 Å². The molecule has 2 N–H and O–H groups in total. The van der Waals surface area contributed by atoms with Gasteiger partial charge in [0.15, 0.2) is 0 Å². The third-order valence-electron chi connectivity index (χ3n) is 2.85. The van der Waals surface area contributed by atoms with Gasteiger partial charge >= 0.3 is 0 Å². The Morgan fingerprint density at radius 3 is 2.89 bits per heavy atom. The van der Waals surface area contributed by atoms with Crippen LogP contribution in [0.2, 0.25) is 0 Å². The number of nitrogens with zero attached hydrogens (tertiary/aromatic N) is 2. The minimum Gasteiger partial charge on any atom is -0.497 e. The maximum absolute atomic E-state index is 5.93. The second kappa shape index (κ2) is 6.24. The van der Waals surface area contributed by atoms with E-state index in [0.717, 1.165) is 17.1 Å². The molecule has 0 aliphatic rings. The minimum absolute atomic E-state index is 0.0781. The van der Waals surface area contributed by atoms with Gasteiger partial charge in [-0.3, -0.25) is 4.68 Å². The molecule has 0 aliphatic carbocycles. The van der Waals surface area contributed by atoms with Crippen LogP contribution in [0, 0.1) is 0 Å². The minimum atomic E-state index is -0.0781. The van der Waals surface area contributed by atoms with Crippen LogP contribution in [0.3, 0.4) is 0 Å². The first-order chi connectivity index (χ1) is 9.20. The lowest BCUT2D eigenvalue weighted by Gasteiger charge is -2.15. The predicted octanol–water partition coefficient (Wildman–Crippen LogP) is 1.99. The fraction of sp³-hybridized carbons (Fsp3) is 0.357. The lowest BCUT2D eigenvalue weighted by Crippen LogP contribution is -2.12. The van der Waals surface area contributed by atoms with Crippen LogP contribution in [0.5, 0.6) is 11.5 Å². The molecule has 0 aliphatic heterocycles. The molecule has 0 saturated heterocycles. The van der Waals surface area contributed by atoms with Crippen molar-refractivity contribution >= 4 is 0 Å². The van der Waals surface area contributed by atoms with E-state index in [-0.39, 0.29) is 6.04 Å². The van der Waals surface area contributed by atoms with Crippen LogP contribution < -0.4 is 15.2 Å². The number of ether oxygens (including phenoxy) is 2. The SMILES string of the molecule is COc1ccc([C@H](C)N)c(OCCn2cccn2)c1. The van der Waals surface area contributed by atoms with Crippen molar-refractivity contribution in [1.29, 1.82) is 0 Å². The van der Waals surface area contributed by atoms with Crippen molar-refractivity contribution in [3.05, 3.63) is 42.2 Å². The first kappa shape index (κ1) is 13.4. The third-order valence-corrected chi connectivity index (χ3v) is 2.85. The summed E-state index contributed by atoms with van der Waals surface area (Å²) >= 11 is 0. The average molecular weight is 261 g/mol. The Bertz CT molecular complexity index is 509. The fourth-order valence-corrected chi connectivity index (χ4v) is 1.82. The van der Waals surface area contributed by atoms with Crippen LogP contribution in [0.1, 0.15) is 18.5 Å². The summed E-state index contributed by atoms with van der Waals surface area (Å²) < 4.78 is 12.8. The zero-order valence-electron chi connectivity index (χ0n) is 11.2. The van der Waals surface area contributed by atoms with Crippen LogP contribution in [-0.4, -0.2) is 23.5 Å². The second-order valence-corrected chi connectivity index (χ2v) is 4.31. The maximum Gasteiger partial charge on any atom is 0.127 e. The predicted molar refractivity (Wildman–Crippen MR) is 73.3 cm³/mol. The zero-order valence-corrected chi connectivity index (χ0v) is 11.2. The number of rotatable bonds is 6. The van der Waals surface area contributed by atoms with Gasteiger partial charge in [-0.25, -0.2) is 0 Å². The Hall–Kier alpha value is -2.01. The Morgan fingerprint density at radius 1 is 1.42 bits per heavy atom. The summed E-state index contributed by atoms with van der Waals surface area (Å²) in [5, 5.41) is 4.13. The van der Waals surface area contributed by atoms with E-state index < -0.39 is 0 Å². The first-order valence-electron chi connectivity index (χ1n) is 6.24. The van der Waals surface area contributed by atoms with Gasteiger partial charge in [0.2, 0.25) is 0 Å². The molecule has 0 fully saturated rings. The van der Waals surface area contributed by atoms with Crippen molar-refractivity contribution in [2.75, 3.05) is 13.7 Å². The van der Waals surface area contributed by atoms with Gasteiger partial charge in [0.25, 0.3) is 0 Å². The molecule has 1 aromatic heterocycles. The van der Waals surface area contributed by atoms with Crippen LogP contribution in [-0.2, 0) is 6.54 Å². The second-order valence-electron chi connectivity index (χ2n) is 4.31. The topological polar surface area (TPSA) is 62.3 Å². The molecule has 0 saturated carbocycles. The molecule has 102 valence electrons. The highest BCUT2D eigenvalue weighted by atomic mass is 16.5. The maximum atomic E-state index is 5.93. The Kier molecular flexibility index (Phi) is 4.41. The molecule has 5 heteroatoms. The Morgan fingerprint density at radius 2 is 2.26 bits per heavy atom. The van der Waals surface area contributed by atoms with Crippen molar-refractivity contribution in [2.45, 2.75) is 19.5 Å². The number of nitrogens with two attached hydrogens (primary N) is 1. The zero-order chi connectivity index (χ0) is 13.7. The first-order valence-corrected chi connectivity index (χ1v) is 6.24. The van der Waals surface area contributed by atoms with E-state index >= 15 is 0 Å². The summed E-state index contributed by atoms with van der Waals surface area (Å²) in [6.07, 6.45) is 3.65. The normalized spacial score (nSPS) is 12.2. The Balaban J connectivity index is 2.04. The molecule has 0 amide bonds. The van der Waals surface area contributed by atoms with E-state index in [2.05, 4.69) is 5.10 Å². The average Bonchev–Trinajstić information content (AvgIpc) is 2.91. The van der Waals surface area contributed by atoms with Crippen molar-refractivity contribution < 1.29 is 9.47 Å². The molecule has 0 radical (unpaired) electrons. The van der Waals surface area contributed by atoms with Crippen molar-refractivity contribution in [2.24, 2.45) is 5.73 Å². The highest BCUT2D eigenvalue weighted by molar-refractivity contribution is 5.42. The molecular formula is C14H19N3O2. The van der Waals surface area contributed by atoms with Crippen molar-refractivity contribution in [3.8, 4) is 11.5 Å². The van der Waals surface area contributed by atoms with Gasteiger partial charge in [0.1, 0.15) is 18.1 Å². The molecule has 19 heavy (non-hydrogen) atoms. The molecule has 0 spiro atoms. The number of hydrogen-bond acceptors (Lipinski definition) is 4. The van der Waals surface area contributed by atoms with Gasteiger partial charge in [-0.15, -0.1) is 0 Å². The Labute approximate surface area is 112 Å². The summed E-state index contributed by atoms with van der Waals surface area (Å²) in [6.45, 7) is 3.17. The van der Waals surface area contributed by atoms with E-state index in [4.69, 9.17) is 15.2 Å². The fourth-order valence-electron chi connectivity index (χ4n) is 1.82. The number of aromatic nitrogens is 2. The lowest BCUT2D eigenvalue weighted by molar-refractivity contribution is 0.285. The van der Waals surface area contributed by atoms with Crippen LogP contribution in [0.25, 0.3) is 0 Å². The van der Waals surface area contributed by atoms with Crippen molar-refractivity contribution in [1.82, 2.24) is 9.78 Å². The third kappa shape index (κ3) is 3.48. The van der Waals surface area contributed by atoms with E-state index in [0.29, 0.717) is 13.2 Å². The molecule has 1 heterocycles. The van der Waals surface area contributed by atoms with Crippen LogP contribution >= 0.6 is 0 Å². The molecule has 0 bridgehead atoms. The van der Waals surface area contributed by atoms with Crippen LogP contribution in [0.4, 0.5) is 0 Å². The molecule has 2 aromatic rings. The highest BCUT2D eigenvalue weighted by Crippen LogP contribution is 2.28. The molecule has 1 aromatic carbocycles. The van der Waals surface area contributed by atoms with Gasteiger partial charge in [0.05, 0.1) is 13.7 Å². The largest absolute Gasteiger partial charge is 0.497 e. The van der Waals surface area contributed by atoms with E-state index in [9.17, 15) is 0 Å². The number of benzene rings is 1. The smallest absolute Gasteiger partial charge is 0.127 e. The van der Waals surface area contributed by atoms with Gasteiger partial charge < -0.3 is 15.2 Å². The van der Waals surface area contributed by atoms with Gasteiger partial charge in [-0.1, -0.05) is 6.07 Å². The molecular weight excluding hydrogens is 242 g/mol. The summed E-state index contributed by atoms with van der Waals surface area (Å²) in [6, 6.07) is 7.50. The summed E-state index contributed by atoms with van der Waals surface area (Å²) in [4.78, 5) is 0. The van der Waals surface area contributed by atoms with Gasteiger partial charge in [0, 0.05) is 30.1 Å².